The molecule has 2 aliphatic rings. The van der Waals surface area contributed by atoms with Crippen molar-refractivity contribution >= 4 is 15.9 Å². The zero-order valence-electron chi connectivity index (χ0n) is 10.7. The molecule has 98 valence electrons. The first-order valence-corrected chi connectivity index (χ1v) is 6.80. The van der Waals surface area contributed by atoms with Gasteiger partial charge in [-0.15, -0.1) is 0 Å². The molecule has 0 atom stereocenters. The van der Waals surface area contributed by atoms with Crippen LogP contribution in [0.25, 0.3) is 0 Å². The molecule has 0 saturated heterocycles. The predicted octanol–water partition coefficient (Wildman–Crippen LogP) is 4.22. The van der Waals surface area contributed by atoms with E-state index in [0.717, 1.165) is 16.0 Å². The summed E-state index contributed by atoms with van der Waals surface area (Å²) in [5, 5.41) is 0. The van der Waals surface area contributed by atoms with Crippen LogP contribution in [0.4, 0.5) is 0 Å². The summed E-state index contributed by atoms with van der Waals surface area (Å²) in [4.78, 5) is 0. The van der Waals surface area contributed by atoms with Crippen LogP contribution in [0.15, 0.2) is 28.7 Å². The maximum Gasteiger partial charge on any atom is 2.00 e. The van der Waals surface area contributed by atoms with Crippen LogP contribution in [-0.2, 0) is 17.1 Å². The molecule has 0 spiro atoms. The Morgan fingerprint density at radius 3 is 1.90 bits per heavy atom. The fourth-order valence-corrected chi connectivity index (χ4v) is 1.89. The Morgan fingerprint density at radius 1 is 0.750 bits per heavy atom. The first-order valence-electron chi connectivity index (χ1n) is 6.00. The molecule has 2 aliphatic carbocycles. The van der Waals surface area contributed by atoms with E-state index in [1.165, 1.54) is 0 Å². The molecule has 0 bridgehead atoms. The average molecular weight is 365 g/mol. The third-order valence-corrected chi connectivity index (χ3v) is 2.89. The van der Waals surface area contributed by atoms with Crippen molar-refractivity contribution in [2.24, 2.45) is 0 Å². The van der Waals surface area contributed by atoms with Gasteiger partial charge in [0.25, 0.3) is 0 Å². The van der Waals surface area contributed by atoms with Crippen molar-refractivity contribution in [3.05, 3.63) is 98.0 Å². The number of hydrogen-bond donors (Lipinski definition) is 0. The standard InChI is InChI=1S/C13H8Br.C5H5.Fe/c14-13-7-3-6-12(10-13)9-8-11-4-1-2-5-11;1-2-4-5-3-1;/h1-7,10H;1-5H;/q;;+2. The number of rotatable bonds is 0. The summed E-state index contributed by atoms with van der Waals surface area (Å²) in [7, 11) is 0. The van der Waals surface area contributed by atoms with Gasteiger partial charge in [0.15, 0.2) is 0 Å². The number of hydrogen-bond acceptors (Lipinski definition) is 0. The summed E-state index contributed by atoms with van der Waals surface area (Å²) in [5.74, 6) is 7.27. The summed E-state index contributed by atoms with van der Waals surface area (Å²) in [6.07, 6.45) is 18.0. The van der Waals surface area contributed by atoms with Crippen molar-refractivity contribution in [3.8, 4) is 11.8 Å². The van der Waals surface area contributed by atoms with Crippen LogP contribution in [0, 0.1) is 75.5 Å². The zero-order chi connectivity index (χ0) is 13.3. The molecule has 2 heteroatoms. The van der Waals surface area contributed by atoms with Gasteiger partial charge in [-0.25, -0.2) is 0 Å². The Balaban J connectivity index is 0.000000283. The van der Waals surface area contributed by atoms with E-state index in [4.69, 9.17) is 0 Å². The molecule has 0 amide bonds. The first kappa shape index (κ1) is 17.8. The summed E-state index contributed by atoms with van der Waals surface area (Å²) < 4.78 is 1.06. The van der Waals surface area contributed by atoms with E-state index in [1.807, 2.05) is 82.1 Å². The molecular formula is C18H13BrFe+2. The van der Waals surface area contributed by atoms with Crippen molar-refractivity contribution in [1.29, 1.82) is 0 Å². The van der Waals surface area contributed by atoms with E-state index in [2.05, 4.69) is 27.8 Å². The van der Waals surface area contributed by atoms with Crippen LogP contribution in [0.1, 0.15) is 5.56 Å². The van der Waals surface area contributed by atoms with E-state index in [-0.39, 0.29) is 17.1 Å². The maximum atomic E-state index is 3.41. The molecule has 0 unspecified atom stereocenters. The van der Waals surface area contributed by atoms with Gasteiger partial charge in [0, 0.05) is 10.0 Å². The summed E-state index contributed by atoms with van der Waals surface area (Å²) in [6.45, 7) is 0. The third kappa shape index (κ3) is 6.98. The normalized spacial score (nSPS) is 17.4. The first-order chi connectivity index (χ1) is 9.34. The van der Waals surface area contributed by atoms with E-state index >= 15 is 0 Å². The molecule has 0 aliphatic heterocycles. The second-order valence-corrected chi connectivity index (χ2v) is 4.81. The van der Waals surface area contributed by atoms with Crippen molar-refractivity contribution < 1.29 is 17.1 Å². The van der Waals surface area contributed by atoms with Gasteiger partial charge >= 0.3 is 17.1 Å². The topological polar surface area (TPSA) is 0 Å². The largest absolute Gasteiger partial charge is 2.00 e. The second kappa shape index (κ2) is 10.5. The SMILES string of the molecule is Brc1cccc(C#C[C]2[CH][CH][CH][CH]2)c1.[CH]1[CH][CH][CH][CH]1.[Fe+2]. The van der Waals surface area contributed by atoms with E-state index < -0.39 is 0 Å². The monoisotopic (exact) mass is 364 g/mol. The van der Waals surface area contributed by atoms with Gasteiger partial charge in [-0.05, 0) is 76.0 Å². The zero-order valence-corrected chi connectivity index (χ0v) is 13.4. The van der Waals surface area contributed by atoms with Gasteiger partial charge in [-0.1, -0.05) is 33.8 Å². The van der Waals surface area contributed by atoms with Crippen LogP contribution in [0.2, 0.25) is 0 Å². The van der Waals surface area contributed by atoms with Gasteiger partial charge < -0.3 is 0 Å². The Morgan fingerprint density at radius 2 is 1.35 bits per heavy atom. The summed E-state index contributed by atoms with van der Waals surface area (Å²) in [6, 6.07) is 7.99. The minimum Gasteiger partial charge on any atom is -0.0888 e. The molecule has 2 fully saturated rings. The molecule has 0 N–H and O–H groups in total. The Labute approximate surface area is 142 Å². The van der Waals surface area contributed by atoms with Gasteiger partial charge in [-0.2, -0.15) is 0 Å². The third-order valence-electron chi connectivity index (χ3n) is 2.39. The van der Waals surface area contributed by atoms with E-state index in [0.29, 0.717) is 0 Å². The smallest absolute Gasteiger partial charge is 0.0888 e. The van der Waals surface area contributed by atoms with Crippen LogP contribution in [-0.4, -0.2) is 0 Å². The molecule has 1 aromatic rings. The molecule has 0 heterocycles. The second-order valence-electron chi connectivity index (χ2n) is 3.90. The maximum absolute atomic E-state index is 3.41. The quantitative estimate of drug-likeness (QED) is 0.477. The molecule has 0 nitrogen and oxygen atoms in total. The number of halogens is 1. The van der Waals surface area contributed by atoms with Crippen LogP contribution >= 0.6 is 15.9 Å². The Kier molecular flexibility index (Phi) is 9.36. The van der Waals surface area contributed by atoms with Crippen molar-refractivity contribution in [2.75, 3.05) is 0 Å². The van der Waals surface area contributed by atoms with Gasteiger partial charge in [-0.3, -0.25) is 0 Å². The van der Waals surface area contributed by atoms with Crippen molar-refractivity contribution in [1.82, 2.24) is 0 Å². The van der Waals surface area contributed by atoms with Gasteiger partial charge in [0.05, 0.1) is 5.92 Å². The fourth-order valence-electron chi connectivity index (χ4n) is 1.49. The summed E-state index contributed by atoms with van der Waals surface area (Å²) in [5.41, 5.74) is 1.03. The van der Waals surface area contributed by atoms with Gasteiger partial charge in [0.1, 0.15) is 0 Å². The Hall–Kier alpha value is -0.221. The fraction of sp³-hybridized carbons (Fsp3) is 0. The number of benzene rings is 1. The molecule has 10 radical (unpaired) electrons. The predicted molar refractivity (Wildman–Crippen MR) is 83.0 cm³/mol. The van der Waals surface area contributed by atoms with Crippen molar-refractivity contribution in [2.45, 2.75) is 0 Å². The van der Waals surface area contributed by atoms with E-state index in [9.17, 15) is 0 Å². The Bertz CT molecular complexity index is 427. The van der Waals surface area contributed by atoms with E-state index in [1.54, 1.807) is 0 Å². The van der Waals surface area contributed by atoms with Crippen LogP contribution in [0.5, 0.6) is 0 Å². The van der Waals surface area contributed by atoms with Crippen LogP contribution < -0.4 is 0 Å². The molecule has 1 aromatic carbocycles. The molecule has 0 aromatic heterocycles. The molecule has 20 heavy (non-hydrogen) atoms. The minimum atomic E-state index is 0. The minimum absolute atomic E-state index is 0. The molecular weight excluding hydrogens is 352 g/mol. The van der Waals surface area contributed by atoms with Crippen LogP contribution in [0.3, 0.4) is 0 Å². The molecule has 3 rings (SSSR count). The van der Waals surface area contributed by atoms with Gasteiger partial charge in [0.2, 0.25) is 0 Å². The molecule has 2 saturated carbocycles. The average Bonchev–Trinajstić information content (AvgIpc) is 3.12. The summed E-state index contributed by atoms with van der Waals surface area (Å²) >= 11 is 3.41. The van der Waals surface area contributed by atoms with Crippen molar-refractivity contribution in [3.63, 3.8) is 0 Å².